The van der Waals surface area contributed by atoms with Crippen LogP contribution in [0.5, 0.6) is 0 Å². The van der Waals surface area contributed by atoms with Crippen molar-refractivity contribution in [1.29, 1.82) is 0 Å². The number of carboxylic acids is 2. The second kappa shape index (κ2) is 12.9. The van der Waals surface area contributed by atoms with E-state index in [1.165, 1.54) is 0 Å². The molecule has 0 unspecified atom stereocenters. The Kier molecular flexibility index (Phi) is 10.4. The molecule has 0 aliphatic carbocycles. The summed E-state index contributed by atoms with van der Waals surface area (Å²) in [6, 6.07) is 3.30. The summed E-state index contributed by atoms with van der Waals surface area (Å²) in [4.78, 5) is 25.6. The number of halogens is 5. The lowest BCUT2D eigenvalue weighted by Crippen LogP contribution is -2.24. The maximum Gasteiger partial charge on any atom is 0.490 e. The number of anilines is 2. The minimum atomic E-state index is -5.08. The molecule has 0 atom stereocenters. The first-order valence-corrected chi connectivity index (χ1v) is 13.0. The van der Waals surface area contributed by atoms with Crippen LogP contribution < -0.4 is 9.62 Å². The van der Waals surface area contributed by atoms with E-state index >= 15 is 0 Å². The number of aryl methyl sites for hydroxylation is 2. The van der Waals surface area contributed by atoms with E-state index in [1.54, 1.807) is 11.9 Å². The van der Waals surface area contributed by atoms with E-state index in [1.807, 2.05) is 25.6 Å². The monoisotopic (exact) mass is 607 g/mol. The minimum Gasteiger partial charge on any atom is -0.478 e. The molecule has 3 rings (SSSR count). The highest BCUT2D eigenvalue weighted by Gasteiger charge is 2.38. The predicted molar refractivity (Wildman–Crippen MR) is 136 cm³/mol. The number of sulfonamides is 1. The van der Waals surface area contributed by atoms with Crippen molar-refractivity contribution in [3.8, 4) is 0 Å². The Morgan fingerprint density at radius 3 is 2.20 bits per heavy atom. The zero-order chi connectivity index (χ0) is 31.3. The van der Waals surface area contributed by atoms with Crippen LogP contribution in [-0.4, -0.2) is 65.1 Å². The Bertz CT molecular complexity index is 1540. The van der Waals surface area contributed by atoms with Crippen LogP contribution in [-0.2, 0) is 28.3 Å². The highest BCUT2D eigenvalue weighted by atomic mass is 32.2. The van der Waals surface area contributed by atoms with Gasteiger partial charge in [0.2, 0.25) is 0 Å². The van der Waals surface area contributed by atoms with Gasteiger partial charge in [-0.1, -0.05) is 0 Å². The van der Waals surface area contributed by atoms with Crippen molar-refractivity contribution in [2.75, 3.05) is 23.2 Å². The average Bonchev–Trinajstić information content (AvgIpc) is 3.10. The number of aromatic carboxylic acids is 1. The highest BCUT2D eigenvalue weighted by Crippen LogP contribution is 2.27. The first kappa shape index (κ1) is 32.9. The van der Waals surface area contributed by atoms with Gasteiger partial charge < -0.3 is 15.1 Å². The van der Waals surface area contributed by atoms with E-state index in [4.69, 9.17) is 9.90 Å². The summed E-state index contributed by atoms with van der Waals surface area (Å²) in [6.07, 6.45) is -2.53. The molecule has 0 saturated carbocycles. The van der Waals surface area contributed by atoms with Crippen LogP contribution in [0.1, 0.15) is 33.7 Å². The van der Waals surface area contributed by atoms with Gasteiger partial charge in [0.15, 0.2) is 17.5 Å². The summed E-state index contributed by atoms with van der Waals surface area (Å²) >= 11 is 0. The standard InChI is InChI=1S/C22H25F2N5O4S.C2HF3O2/c1-13-17(14(2)29(4)26-13)6-5-9-28(3)21-20(10-15(12-25-21)22(30)31)27-34(32,33)16-7-8-18(23)19(24)11-16;3-2(4,5)1(6)7/h7-8,10-12,27H,5-6,9H2,1-4H3,(H,30,31);(H,6,7). The number of aliphatic carboxylic acids is 1. The predicted octanol–water partition coefficient (Wildman–Crippen LogP) is 3.91. The van der Waals surface area contributed by atoms with E-state index < -0.39 is 44.7 Å². The second-order valence-electron chi connectivity index (χ2n) is 8.68. The smallest absolute Gasteiger partial charge is 0.478 e. The number of carboxylic acid groups (broad SMARTS) is 2. The Balaban J connectivity index is 0.000000745. The maximum atomic E-state index is 13.6. The molecule has 1 aromatic carbocycles. The Labute approximate surface area is 231 Å². The first-order chi connectivity index (χ1) is 18.8. The number of carbonyl (C=O) groups is 2. The molecule has 11 nitrogen and oxygen atoms in total. The SMILES string of the molecule is Cc1nn(C)c(C)c1CCCN(C)c1ncc(C(=O)O)cc1NS(=O)(=O)c1ccc(F)c(F)c1.O=C(O)C(F)(F)F. The summed E-state index contributed by atoms with van der Waals surface area (Å²) in [5.74, 6) is -6.37. The number of alkyl halides is 3. The number of nitrogens with one attached hydrogen (secondary N) is 1. The number of rotatable bonds is 9. The molecule has 3 N–H and O–H groups in total. The molecular weight excluding hydrogens is 581 g/mol. The third kappa shape index (κ3) is 8.60. The van der Waals surface area contributed by atoms with Crippen LogP contribution in [0, 0.1) is 25.5 Å². The quantitative estimate of drug-likeness (QED) is 0.307. The van der Waals surface area contributed by atoms with Crippen LogP contribution in [0.15, 0.2) is 35.4 Å². The normalized spacial score (nSPS) is 11.4. The second-order valence-corrected chi connectivity index (χ2v) is 10.4. The van der Waals surface area contributed by atoms with E-state index in [9.17, 15) is 40.3 Å². The number of hydrogen-bond donors (Lipinski definition) is 3. The molecule has 224 valence electrons. The fourth-order valence-corrected chi connectivity index (χ4v) is 4.64. The molecule has 0 amide bonds. The van der Waals surface area contributed by atoms with Crippen LogP contribution in [0.4, 0.5) is 33.5 Å². The summed E-state index contributed by atoms with van der Waals surface area (Å²) < 4.78 is 88.2. The van der Waals surface area contributed by atoms with Gasteiger partial charge in [0, 0.05) is 32.5 Å². The Morgan fingerprint density at radius 1 is 1.10 bits per heavy atom. The zero-order valence-electron chi connectivity index (χ0n) is 22.1. The molecule has 0 aliphatic heterocycles. The van der Waals surface area contributed by atoms with Gasteiger partial charge in [-0.15, -0.1) is 0 Å². The summed E-state index contributed by atoms with van der Waals surface area (Å²) in [6.45, 7) is 4.40. The van der Waals surface area contributed by atoms with Crippen LogP contribution in [0.25, 0.3) is 0 Å². The van der Waals surface area contributed by atoms with Crippen molar-refractivity contribution in [1.82, 2.24) is 14.8 Å². The van der Waals surface area contributed by atoms with E-state index in [2.05, 4.69) is 14.8 Å². The van der Waals surface area contributed by atoms with Gasteiger partial charge in [-0.05, 0) is 56.5 Å². The van der Waals surface area contributed by atoms with E-state index in [0.717, 1.165) is 41.7 Å². The van der Waals surface area contributed by atoms with Crippen molar-refractivity contribution in [2.45, 2.75) is 37.8 Å². The molecule has 0 spiro atoms. The fraction of sp³-hybridized carbons (Fsp3) is 0.333. The van der Waals surface area contributed by atoms with Gasteiger partial charge >= 0.3 is 18.1 Å². The van der Waals surface area contributed by atoms with Gasteiger partial charge in [0.05, 0.1) is 21.8 Å². The summed E-state index contributed by atoms with van der Waals surface area (Å²) in [7, 11) is -0.783. The summed E-state index contributed by atoms with van der Waals surface area (Å²) in [5.41, 5.74) is 2.79. The molecule has 0 bridgehead atoms. The number of nitrogens with zero attached hydrogens (tertiary/aromatic N) is 4. The van der Waals surface area contributed by atoms with E-state index in [-0.39, 0.29) is 17.1 Å². The fourth-order valence-electron chi connectivity index (χ4n) is 3.58. The molecule has 0 radical (unpaired) electrons. The zero-order valence-corrected chi connectivity index (χ0v) is 22.9. The first-order valence-electron chi connectivity index (χ1n) is 11.6. The van der Waals surface area contributed by atoms with Crippen molar-refractivity contribution >= 4 is 33.5 Å². The number of benzene rings is 1. The molecule has 0 saturated heterocycles. The summed E-state index contributed by atoms with van der Waals surface area (Å²) in [5, 5.41) is 20.8. The molecule has 0 fully saturated rings. The minimum absolute atomic E-state index is 0.0964. The van der Waals surface area contributed by atoms with Crippen LogP contribution in [0.2, 0.25) is 0 Å². The van der Waals surface area contributed by atoms with Gasteiger partial charge in [0.25, 0.3) is 10.0 Å². The van der Waals surface area contributed by atoms with Crippen LogP contribution in [0.3, 0.4) is 0 Å². The molecule has 2 aromatic heterocycles. The van der Waals surface area contributed by atoms with Gasteiger partial charge in [0.1, 0.15) is 0 Å². The molecule has 0 aliphatic rings. The van der Waals surface area contributed by atoms with Crippen molar-refractivity contribution in [3.05, 3.63) is 64.6 Å². The van der Waals surface area contributed by atoms with E-state index in [0.29, 0.717) is 25.1 Å². The third-order valence-corrected chi connectivity index (χ3v) is 7.11. The lowest BCUT2D eigenvalue weighted by Gasteiger charge is -2.22. The van der Waals surface area contributed by atoms with Crippen LogP contribution >= 0.6 is 0 Å². The lowest BCUT2D eigenvalue weighted by atomic mass is 10.1. The molecular formula is C24H26F5N5O6S. The largest absolute Gasteiger partial charge is 0.490 e. The van der Waals surface area contributed by atoms with Gasteiger partial charge in [-0.25, -0.2) is 31.8 Å². The number of aromatic nitrogens is 3. The van der Waals surface area contributed by atoms with Crippen molar-refractivity contribution in [3.63, 3.8) is 0 Å². The Hall–Kier alpha value is -4.28. The Morgan fingerprint density at radius 2 is 1.71 bits per heavy atom. The van der Waals surface area contributed by atoms with Crippen molar-refractivity contribution < 1.29 is 50.2 Å². The van der Waals surface area contributed by atoms with Gasteiger partial charge in [-0.2, -0.15) is 18.3 Å². The van der Waals surface area contributed by atoms with Crippen molar-refractivity contribution in [2.24, 2.45) is 7.05 Å². The molecule has 2 heterocycles. The number of hydrogen-bond acceptors (Lipinski definition) is 7. The highest BCUT2D eigenvalue weighted by molar-refractivity contribution is 7.92. The lowest BCUT2D eigenvalue weighted by molar-refractivity contribution is -0.192. The topological polar surface area (TPSA) is 155 Å². The maximum absolute atomic E-state index is 13.6. The molecule has 17 heteroatoms. The third-order valence-electron chi connectivity index (χ3n) is 5.74. The molecule has 3 aromatic rings. The molecule has 41 heavy (non-hydrogen) atoms. The van der Waals surface area contributed by atoms with Gasteiger partial charge in [-0.3, -0.25) is 9.40 Å². The number of pyridine rings is 1. The average molecular weight is 608 g/mol.